The highest BCUT2D eigenvalue weighted by molar-refractivity contribution is 5.92. The predicted molar refractivity (Wildman–Crippen MR) is 92.4 cm³/mol. The minimum atomic E-state index is -0.488. The number of hydrogen-bond donors (Lipinski definition) is 1. The zero-order valence-electron chi connectivity index (χ0n) is 13.9. The van der Waals surface area contributed by atoms with Crippen LogP contribution >= 0.6 is 0 Å². The second-order valence-electron chi connectivity index (χ2n) is 6.39. The monoisotopic (exact) mass is 328 g/mol. The third kappa shape index (κ3) is 4.55. The molecule has 0 aliphatic rings. The molecular weight excluding hydrogens is 308 g/mol. The van der Waals surface area contributed by atoms with Crippen LogP contribution in [-0.2, 0) is 10.2 Å². The van der Waals surface area contributed by atoms with Gasteiger partial charge in [-0.3, -0.25) is 14.9 Å². The molecule has 0 aromatic heterocycles. The molecule has 0 heterocycles. The lowest BCUT2D eigenvalue weighted by Crippen LogP contribution is -2.21. The van der Waals surface area contributed by atoms with Crippen molar-refractivity contribution in [1.29, 1.82) is 0 Å². The Hall–Kier alpha value is -2.89. The summed E-state index contributed by atoms with van der Waals surface area (Å²) in [5, 5.41) is 13.3. The van der Waals surface area contributed by atoms with Crippen molar-refractivity contribution in [2.24, 2.45) is 0 Å². The Balaban J connectivity index is 1.98. The van der Waals surface area contributed by atoms with Crippen molar-refractivity contribution >= 4 is 17.3 Å². The Morgan fingerprint density at radius 3 is 2.33 bits per heavy atom. The molecule has 0 radical (unpaired) electrons. The van der Waals surface area contributed by atoms with Gasteiger partial charge in [0.05, 0.1) is 4.92 Å². The van der Waals surface area contributed by atoms with Crippen molar-refractivity contribution in [2.75, 3.05) is 11.9 Å². The van der Waals surface area contributed by atoms with Crippen molar-refractivity contribution in [2.45, 2.75) is 26.2 Å². The van der Waals surface area contributed by atoms with E-state index in [-0.39, 0.29) is 23.6 Å². The van der Waals surface area contributed by atoms with E-state index in [0.717, 1.165) is 5.56 Å². The second-order valence-corrected chi connectivity index (χ2v) is 6.39. The van der Waals surface area contributed by atoms with E-state index in [0.29, 0.717) is 11.4 Å². The minimum absolute atomic E-state index is 0.0247. The first-order valence-corrected chi connectivity index (χ1v) is 7.54. The third-order valence-electron chi connectivity index (χ3n) is 3.42. The third-order valence-corrected chi connectivity index (χ3v) is 3.42. The number of non-ortho nitro benzene ring substituents is 1. The highest BCUT2D eigenvalue weighted by Gasteiger charge is 2.18. The molecule has 0 spiro atoms. The lowest BCUT2D eigenvalue weighted by Gasteiger charge is -2.22. The molecule has 6 nitrogen and oxygen atoms in total. The SMILES string of the molecule is CC(C)(C)c1ccccc1OCC(=O)Nc1ccc([N+](=O)[O-])cc1. The average molecular weight is 328 g/mol. The predicted octanol–water partition coefficient (Wildman–Crippen LogP) is 3.91. The van der Waals surface area contributed by atoms with E-state index in [9.17, 15) is 14.9 Å². The molecule has 0 aliphatic heterocycles. The molecule has 0 atom stereocenters. The quantitative estimate of drug-likeness (QED) is 0.666. The number of nitro benzene ring substituents is 1. The summed E-state index contributed by atoms with van der Waals surface area (Å²) in [6.45, 7) is 6.09. The van der Waals surface area contributed by atoms with Gasteiger partial charge in [-0.1, -0.05) is 39.0 Å². The number of nitrogens with one attached hydrogen (secondary N) is 1. The summed E-state index contributed by atoms with van der Waals surface area (Å²) >= 11 is 0. The standard InChI is InChI=1S/C18H20N2O4/c1-18(2,3)15-6-4-5-7-16(15)24-12-17(21)19-13-8-10-14(11-9-13)20(22)23/h4-11H,12H2,1-3H3,(H,19,21). The maximum Gasteiger partial charge on any atom is 0.269 e. The Labute approximate surface area is 140 Å². The lowest BCUT2D eigenvalue weighted by atomic mass is 9.86. The molecule has 2 aromatic carbocycles. The number of rotatable bonds is 5. The number of ether oxygens (including phenoxy) is 1. The fourth-order valence-corrected chi connectivity index (χ4v) is 2.22. The maximum atomic E-state index is 12.0. The van der Waals surface area contributed by atoms with Crippen molar-refractivity contribution in [1.82, 2.24) is 0 Å². The summed E-state index contributed by atoms with van der Waals surface area (Å²) in [4.78, 5) is 22.1. The van der Waals surface area contributed by atoms with E-state index in [2.05, 4.69) is 26.1 Å². The molecule has 0 unspecified atom stereocenters. The second kappa shape index (κ2) is 7.12. The van der Waals surface area contributed by atoms with E-state index in [1.54, 1.807) is 0 Å². The Morgan fingerprint density at radius 1 is 1.12 bits per heavy atom. The van der Waals surface area contributed by atoms with Gasteiger partial charge in [0.2, 0.25) is 0 Å². The molecule has 1 amide bonds. The Bertz CT molecular complexity index is 733. The van der Waals surface area contributed by atoms with E-state index >= 15 is 0 Å². The molecule has 6 heteroatoms. The Kier molecular flexibility index (Phi) is 5.18. The van der Waals surface area contributed by atoms with Gasteiger partial charge in [0, 0.05) is 17.8 Å². The minimum Gasteiger partial charge on any atom is -0.483 e. The summed E-state index contributed by atoms with van der Waals surface area (Å²) in [5.74, 6) is 0.344. The molecule has 126 valence electrons. The number of nitrogens with zero attached hydrogens (tertiary/aromatic N) is 1. The van der Waals surface area contributed by atoms with Gasteiger partial charge in [-0.25, -0.2) is 0 Å². The molecule has 0 saturated heterocycles. The highest BCUT2D eigenvalue weighted by Crippen LogP contribution is 2.30. The van der Waals surface area contributed by atoms with Gasteiger partial charge in [0.15, 0.2) is 6.61 Å². The topological polar surface area (TPSA) is 81.5 Å². The number of nitro groups is 1. The molecule has 1 N–H and O–H groups in total. The first-order chi connectivity index (χ1) is 11.3. The summed E-state index contributed by atoms with van der Waals surface area (Å²) < 4.78 is 5.64. The van der Waals surface area contributed by atoms with Crippen LogP contribution in [0.1, 0.15) is 26.3 Å². The molecule has 0 saturated carbocycles. The molecule has 0 fully saturated rings. The zero-order chi connectivity index (χ0) is 17.7. The molecule has 2 rings (SSSR count). The van der Waals surface area contributed by atoms with Crippen molar-refractivity contribution < 1.29 is 14.5 Å². The normalized spacial score (nSPS) is 11.0. The lowest BCUT2D eigenvalue weighted by molar-refractivity contribution is -0.384. The van der Waals surface area contributed by atoms with Gasteiger partial charge < -0.3 is 10.1 Å². The molecule has 24 heavy (non-hydrogen) atoms. The van der Waals surface area contributed by atoms with Gasteiger partial charge in [-0.2, -0.15) is 0 Å². The zero-order valence-corrected chi connectivity index (χ0v) is 13.9. The number of carbonyl (C=O) groups is 1. The number of benzene rings is 2. The first kappa shape index (κ1) is 17.5. The van der Waals surface area contributed by atoms with Crippen LogP contribution in [-0.4, -0.2) is 17.4 Å². The summed E-state index contributed by atoms with van der Waals surface area (Å²) in [5.41, 5.74) is 1.39. The van der Waals surface area contributed by atoms with Crippen LogP contribution in [0, 0.1) is 10.1 Å². The number of anilines is 1. The van der Waals surface area contributed by atoms with Crippen LogP contribution in [0.25, 0.3) is 0 Å². The fraction of sp³-hybridized carbons (Fsp3) is 0.278. The van der Waals surface area contributed by atoms with E-state index in [4.69, 9.17) is 4.74 Å². The fourth-order valence-electron chi connectivity index (χ4n) is 2.22. The maximum absolute atomic E-state index is 12.0. The van der Waals surface area contributed by atoms with E-state index in [1.807, 2.05) is 24.3 Å². The summed E-state index contributed by atoms with van der Waals surface area (Å²) in [7, 11) is 0. The van der Waals surface area contributed by atoms with Gasteiger partial charge in [-0.05, 0) is 29.2 Å². The van der Waals surface area contributed by atoms with Crippen LogP contribution < -0.4 is 10.1 Å². The number of hydrogen-bond acceptors (Lipinski definition) is 4. The largest absolute Gasteiger partial charge is 0.483 e. The van der Waals surface area contributed by atoms with Crippen LogP contribution in [0.5, 0.6) is 5.75 Å². The van der Waals surface area contributed by atoms with Gasteiger partial charge >= 0.3 is 0 Å². The van der Waals surface area contributed by atoms with Crippen LogP contribution in [0.2, 0.25) is 0 Å². The van der Waals surface area contributed by atoms with E-state index in [1.165, 1.54) is 24.3 Å². The summed E-state index contributed by atoms with van der Waals surface area (Å²) in [6.07, 6.45) is 0. The van der Waals surface area contributed by atoms with Crippen molar-refractivity contribution in [3.8, 4) is 5.75 Å². The first-order valence-electron chi connectivity index (χ1n) is 7.54. The van der Waals surface area contributed by atoms with Crippen LogP contribution in [0.15, 0.2) is 48.5 Å². The number of carbonyl (C=O) groups excluding carboxylic acids is 1. The number of amides is 1. The van der Waals surface area contributed by atoms with Crippen molar-refractivity contribution in [3.05, 3.63) is 64.2 Å². The summed E-state index contributed by atoms with van der Waals surface area (Å²) in [6, 6.07) is 13.3. The van der Waals surface area contributed by atoms with Gasteiger partial charge in [0.25, 0.3) is 11.6 Å². The molecule has 0 bridgehead atoms. The molecule has 0 aliphatic carbocycles. The molecule has 2 aromatic rings. The van der Waals surface area contributed by atoms with E-state index < -0.39 is 4.92 Å². The highest BCUT2D eigenvalue weighted by atomic mass is 16.6. The van der Waals surface area contributed by atoms with Gasteiger partial charge in [-0.15, -0.1) is 0 Å². The van der Waals surface area contributed by atoms with Gasteiger partial charge in [0.1, 0.15) is 5.75 Å². The number of para-hydroxylation sites is 1. The average Bonchev–Trinajstić information content (AvgIpc) is 2.53. The van der Waals surface area contributed by atoms with Crippen LogP contribution in [0.4, 0.5) is 11.4 Å². The smallest absolute Gasteiger partial charge is 0.269 e. The Morgan fingerprint density at radius 2 is 1.75 bits per heavy atom. The molecular formula is C18H20N2O4. The van der Waals surface area contributed by atoms with Crippen molar-refractivity contribution in [3.63, 3.8) is 0 Å². The van der Waals surface area contributed by atoms with Crippen LogP contribution in [0.3, 0.4) is 0 Å².